The normalized spacial score (nSPS) is 10.8. The van der Waals surface area contributed by atoms with Gasteiger partial charge in [-0.2, -0.15) is 0 Å². The first-order valence-corrected chi connectivity index (χ1v) is 6.89. The lowest BCUT2D eigenvalue weighted by atomic mass is 10.1. The molecule has 0 saturated heterocycles. The van der Waals surface area contributed by atoms with Gasteiger partial charge in [0.1, 0.15) is 0 Å². The van der Waals surface area contributed by atoms with Gasteiger partial charge in [0, 0.05) is 10.4 Å². The maximum absolute atomic E-state index is 5.87. The fraction of sp³-hybridized carbons (Fsp3) is 0.0556. The van der Waals surface area contributed by atoms with Gasteiger partial charge in [-0.1, -0.05) is 47.5 Å². The zero-order valence-corrected chi connectivity index (χ0v) is 13.2. The Morgan fingerprint density at radius 2 is 1.67 bits per heavy atom. The van der Waals surface area contributed by atoms with Crippen LogP contribution in [0, 0.1) is 6.92 Å². The number of halogens is 2. The van der Waals surface area contributed by atoms with Crippen LogP contribution in [0.4, 0.5) is 0 Å². The van der Waals surface area contributed by atoms with Crippen LogP contribution in [0.1, 0.15) is 16.8 Å². The van der Waals surface area contributed by atoms with Crippen molar-refractivity contribution in [1.29, 1.82) is 0 Å². The number of aromatic nitrogens is 1. The topological polar surface area (TPSA) is 12.9 Å². The summed E-state index contributed by atoms with van der Waals surface area (Å²) in [5.74, 6) is 0. The molecule has 0 radical (unpaired) electrons. The molecule has 0 amide bonds. The fourth-order valence-electron chi connectivity index (χ4n) is 2.11. The van der Waals surface area contributed by atoms with Crippen molar-refractivity contribution in [3.8, 4) is 0 Å². The molecular weight excluding hydrogens is 301 g/mol. The molecule has 21 heavy (non-hydrogen) atoms. The number of benzene rings is 2. The average molecular weight is 316 g/mol. The zero-order chi connectivity index (χ0) is 13.9. The molecule has 1 aromatic heterocycles. The predicted molar refractivity (Wildman–Crippen MR) is 94.1 cm³/mol. The highest BCUT2D eigenvalue weighted by molar-refractivity contribution is 6.30. The lowest BCUT2D eigenvalue weighted by Crippen LogP contribution is -1.84. The molecule has 0 aliphatic heterocycles. The van der Waals surface area contributed by atoms with Crippen LogP contribution in [0.5, 0.6) is 0 Å². The Kier molecular flexibility index (Phi) is 5.00. The second-order valence-electron chi connectivity index (χ2n) is 4.82. The van der Waals surface area contributed by atoms with Crippen LogP contribution in [0.2, 0.25) is 5.02 Å². The number of aryl methyl sites for hydroxylation is 1. The molecular formula is C18H15Cl2N. The summed E-state index contributed by atoms with van der Waals surface area (Å²) in [6, 6.07) is 18.2. The minimum absolute atomic E-state index is 0. The van der Waals surface area contributed by atoms with Crippen molar-refractivity contribution in [1.82, 2.24) is 4.98 Å². The van der Waals surface area contributed by atoms with Crippen LogP contribution in [-0.2, 0) is 0 Å². The van der Waals surface area contributed by atoms with E-state index in [1.807, 2.05) is 42.5 Å². The molecule has 1 heterocycles. The van der Waals surface area contributed by atoms with Crippen molar-refractivity contribution in [2.45, 2.75) is 6.92 Å². The number of rotatable bonds is 2. The highest BCUT2D eigenvalue weighted by Gasteiger charge is 1.96. The van der Waals surface area contributed by atoms with Gasteiger partial charge in [-0.05, 0) is 48.9 Å². The molecule has 3 aromatic rings. The van der Waals surface area contributed by atoms with Gasteiger partial charge in [-0.15, -0.1) is 12.4 Å². The van der Waals surface area contributed by atoms with Crippen LogP contribution in [0.25, 0.3) is 23.1 Å². The van der Waals surface area contributed by atoms with E-state index in [2.05, 4.69) is 36.2 Å². The Morgan fingerprint density at radius 1 is 0.905 bits per heavy atom. The standard InChI is InChI=1S/C18H14ClN.ClH/c1-13-2-11-18-15(12-13)6-10-17(20-18)9-5-14-3-7-16(19)8-4-14;/h2-12H,1H3;1H/b9-5+;. The minimum Gasteiger partial charge on any atom is -0.248 e. The van der Waals surface area contributed by atoms with Gasteiger partial charge in [-0.3, -0.25) is 0 Å². The van der Waals surface area contributed by atoms with Crippen molar-refractivity contribution in [3.63, 3.8) is 0 Å². The molecule has 3 rings (SSSR count). The summed E-state index contributed by atoms with van der Waals surface area (Å²) in [7, 11) is 0. The highest BCUT2D eigenvalue weighted by Crippen LogP contribution is 2.16. The van der Waals surface area contributed by atoms with Gasteiger partial charge in [0.05, 0.1) is 11.2 Å². The monoisotopic (exact) mass is 315 g/mol. The third kappa shape index (κ3) is 3.84. The number of fused-ring (bicyclic) bond motifs is 1. The number of hydrogen-bond donors (Lipinski definition) is 0. The molecule has 3 heteroatoms. The SMILES string of the molecule is Cc1ccc2nc(/C=C/c3ccc(Cl)cc3)ccc2c1.Cl. The van der Waals surface area contributed by atoms with Crippen LogP contribution < -0.4 is 0 Å². The van der Waals surface area contributed by atoms with Gasteiger partial charge in [-0.25, -0.2) is 4.98 Å². The zero-order valence-electron chi connectivity index (χ0n) is 11.6. The Morgan fingerprint density at radius 3 is 2.43 bits per heavy atom. The Hall–Kier alpha value is -1.83. The second-order valence-corrected chi connectivity index (χ2v) is 5.25. The second kappa shape index (κ2) is 6.75. The lowest BCUT2D eigenvalue weighted by molar-refractivity contribution is 1.36. The minimum atomic E-state index is 0. The maximum atomic E-state index is 5.87. The largest absolute Gasteiger partial charge is 0.248 e. The van der Waals surface area contributed by atoms with E-state index >= 15 is 0 Å². The molecule has 2 aromatic carbocycles. The summed E-state index contributed by atoms with van der Waals surface area (Å²) >= 11 is 5.87. The third-order valence-electron chi connectivity index (χ3n) is 3.18. The summed E-state index contributed by atoms with van der Waals surface area (Å²) < 4.78 is 0. The molecule has 0 atom stereocenters. The Bertz CT molecular complexity index is 777. The van der Waals surface area contributed by atoms with E-state index in [1.165, 1.54) is 10.9 Å². The first-order valence-electron chi connectivity index (χ1n) is 6.52. The quantitative estimate of drug-likeness (QED) is 0.583. The van der Waals surface area contributed by atoms with Crippen molar-refractivity contribution in [2.24, 2.45) is 0 Å². The van der Waals surface area contributed by atoms with E-state index in [0.717, 1.165) is 21.8 Å². The van der Waals surface area contributed by atoms with Crippen molar-refractivity contribution < 1.29 is 0 Å². The molecule has 106 valence electrons. The van der Waals surface area contributed by atoms with Crippen molar-refractivity contribution >= 4 is 47.1 Å². The first-order chi connectivity index (χ1) is 9.70. The number of hydrogen-bond acceptors (Lipinski definition) is 1. The first kappa shape index (κ1) is 15.6. The smallest absolute Gasteiger partial charge is 0.0709 e. The summed E-state index contributed by atoms with van der Waals surface area (Å²) in [6.45, 7) is 2.09. The average Bonchev–Trinajstić information content (AvgIpc) is 2.46. The maximum Gasteiger partial charge on any atom is 0.0709 e. The van der Waals surface area contributed by atoms with Crippen LogP contribution >= 0.6 is 24.0 Å². The molecule has 0 N–H and O–H groups in total. The molecule has 0 bridgehead atoms. The molecule has 0 aliphatic rings. The van der Waals surface area contributed by atoms with Gasteiger partial charge >= 0.3 is 0 Å². The highest BCUT2D eigenvalue weighted by atomic mass is 35.5. The Balaban J connectivity index is 0.00000161. The summed E-state index contributed by atoms with van der Waals surface area (Å²) in [6.07, 6.45) is 4.06. The summed E-state index contributed by atoms with van der Waals surface area (Å²) in [5, 5.41) is 1.93. The molecule has 0 aliphatic carbocycles. The molecule has 0 unspecified atom stereocenters. The molecule has 0 saturated carbocycles. The van der Waals surface area contributed by atoms with Gasteiger partial charge in [0.25, 0.3) is 0 Å². The lowest BCUT2D eigenvalue weighted by Gasteiger charge is -2.00. The van der Waals surface area contributed by atoms with Gasteiger partial charge in [0.2, 0.25) is 0 Å². The Labute approximate surface area is 135 Å². The van der Waals surface area contributed by atoms with E-state index in [-0.39, 0.29) is 12.4 Å². The van der Waals surface area contributed by atoms with Crippen molar-refractivity contribution in [3.05, 3.63) is 76.4 Å². The van der Waals surface area contributed by atoms with E-state index < -0.39 is 0 Å². The van der Waals surface area contributed by atoms with E-state index in [0.29, 0.717) is 0 Å². The predicted octanol–water partition coefficient (Wildman–Crippen LogP) is 5.79. The third-order valence-corrected chi connectivity index (χ3v) is 3.43. The van der Waals surface area contributed by atoms with Crippen molar-refractivity contribution in [2.75, 3.05) is 0 Å². The van der Waals surface area contributed by atoms with Crippen LogP contribution in [0.3, 0.4) is 0 Å². The number of nitrogens with zero attached hydrogens (tertiary/aromatic N) is 1. The van der Waals surface area contributed by atoms with Gasteiger partial charge < -0.3 is 0 Å². The summed E-state index contributed by atoms with van der Waals surface area (Å²) in [5.41, 5.74) is 4.34. The van der Waals surface area contributed by atoms with E-state index in [9.17, 15) is 0 Å². The number of pyridine rings is 1. The van der Waals surface area contributed by atoms with Crippen LogP contribution in [-0.4, -0.2) is 4.98 Å². The summed E-state index contributed by atoms with van der Waals surface area (Å²) in [4.78, 5) is 4.64. The van der Waals surface area contributed by atoms with E-state index in [4.69, 9.17) is 11.6 Å². The molecule has 0 spiro atoms. The van der Waals surface area contributed by atoms with Gasteiger partial charge in [0.15, 0.2) is 0 Å². The van der Waals surface area contributed by atoms with E-state index in [1.54, 1.807) is 0 Å². The van der Waals surface area contributed by atoms with Crippen LogP contribution in [0.15, 0.2) is 54.6 Å². The fourth-order valence-corrected chi connectivity index (χ4v) is 2.24. The molecule has 1 nitrogen and oxygen atoms in total. The molecule has 0 fully saturated rings.